The molecular weight excluding hydrogens is 263 g/mol. The molecule has 1 aromatic rings. The zero-order valence-corrected chi connectivity index (χ0v) is 10.4. The Morgan fingerprint density at radius 3 is 2.21 bits per heavy atom. The minimum atomic E-state index is -5.17. The van der Waals surface area contributed by atoms with Gasteiger partial charge in [0.1, 0.15) is 0 Å². The fraction of sp³-hybridized carbons (Fsp3) is 0.417. The summed E-state index contributed by atoms with van der Waals surface area (Å²) < 4.78 is 43.3. The quantitative estimate of drug-likeness (QED) is 0.827. The van der Waals surface area contributed by atoms with Crippen LogP contribution in [-0.2, 0) is 15.1 Å². The van der Waals surface area contributed by atoms with Crippen LogP contribution in [0.1, 0.15) is 12.5 Å². The Hall–Kier alpha value is -1.76. The van der Waals surface area contributed by atoms with Crippen LogP contribution in [0.5, 0.6) is 0 Å². The first-order valence-corrected chi connectivity index (χ1v) is 5.52. The molecule has 0 amide bonds. The van der Waals surface area contributed by atoms with E-state index in [0.717, 1.165) is 12.1 Å². The highest BCUT2D eigenvalue weighted by Gasteiger charge is 2.62. The summed E-state index contributed by atoms with van der Waals surface area (Å²) in [6.45, 7) is 1.10. The second-order valence-corrected chi connectivity index (χ2v) is 3.76. The maximum absolute atomic E-state index is 13.0. The van der Waals surface area contributed by atoms with E-state index < -0.39 is 23.3 Å². The van der Waals surface area contributed by atoms with E-state index in [4.69, 9.17) is 0 Å². The van der Waals surface area contributed by atoms with Crippen LogP contribution in [-0.4, -0.2) is 30.9 Å². The Morgan fingerprint density at radius 2 is 1.84 bits per heavy atom. The van der Waals surface area contributed by atoms with Crippen LogP contribution in [0.4, 0.5) is 18.9 Å². The SMILES string of the molecule is CCOC(=O)[C@](O)(c1ccc(NC)cc1)C(F)(F)F. The minimum Gasteiger partial charge on any atom is -0.463 e. The molecular formula is C12H14F3NO3. The molecule has 0 spiro atoms. The summed E-state index contributed by atoms with van der Waals surface area (Å²) in [5.74, 6) is -1.74. The molecule has 19 heavy (non-hydrogen) atoms. The van der Waals surface area contributed by atoms with Gasteiger partial charge in [-0.25, -0.2) is 4.79 Å². The van der Waals surface area contributed by atoms with Gasteiger partial charge in [0.25, 0.3) is 5.60 Å². The van der Waals surface area contributed by atoms with Crippen molar-refractivity contribution < 1.29 is 27.8 Å². The number of rotatable bonds is 4. The highest BCUT2D eigenvalue weighted by molar-refractivity contribution is 5.82. The van der Waals surface area contributed by atoms with E-state index >= 15 is 0 Å². The number of alkyl halides is 3. The van der Waals surface area contributed by atoms with Gasteiger partial charge in [-0.3, -0.25) is 0 Å². The number of carbonyl (C=O) groups is 1. The van der Waals surface area contributed by atoms with Gasteiger partial charge in [-0.2, -0.15) is 13.2 Å². The first-order chi connectivity index (χ1) is 8.77. The number of carbonyl (C=O) groups excluding carboxylic acids is 1. The van der Waals surface area contributed by atoms with E-state index in [2.05, 4.69) is 10.1 Å². The molecule has 1 rings (SSSR count). The molecule has 0 unspecified atom stereocenters. The van der Waals surface area contributed by atoms with E-state index in [1.54, 1.807) is 7.05 Å². The minimum absolute atomic E-state index is 0.258. The standard InChI is InChI=1S/C12H14F3NO3/c1-3-19-10(17)11(18,12(13,14)15)8-4-6-9(16-2)7-5-8/h4-7,16,18H,3H2,1-2H3/t11-/m1/s1. The van der Waals surface area contributed by atoms with Gasteiger partial charge in [0, 0.05) is 18.3 Å². The number of nitrogens with one attached hydrogen (secondary N) is 1. The summed E-state index contributed by atoms with van der Waals surface area (Å²) in [6.07, 6.45) is -5.17. The van der Waals surface area contributed by atoms with Crippen molar-refractivity contribution in [2.24, 2.45) is 0 Å². The second-order valence-electron chi connectivity index (χ2n) is 3.76. The van der Waals surface area contributed by atoms with E-state index in [1.165, 1.54) is 19.1 Å². The highest BCUT2D eigenvalue weighted by atomic mass is 19.4. The van der Waals surface area contributed by atoms with Crippen molar-refractivity contribution in [2.45, 2.75) is 18.7 Å². The van der Waals surface area contributed by atoms with Gasteiger partial charge >= 0.3 is 12.1 Å². The number of hydrogen-bond donors (Lipinski definition) is 2. The van der Waals surface area contributed by atoms with Crippen molar-refractivity contribution in [1.29, 1.82) is 0 Å². The molecule has 0 aliphatic rings. The molecule has 0 aliphatic carbocycles. The van der Waals surface area contributed by atoms with Crippen LogP contribution >= 0.6 is 0 Å². The summed E-state index contributed by atoms with van der Waals surface area (Å²) in [6, 6.07) is 4.70. The predicted molar refractivity (Wildman–Crippen MR) is 62.6 cm³/mol. The maximum atomic E-state index is 13.0. The molecule has 0 saturated heterocycles. The third kappa shape index (κ3) is 2.81. The summed E-state index contributed by atoms with van der Waals surface area (Å²) >= 11 is 0. The van der Waals surface area contributed by atoms with Gasteiger partial charge in [0.15, 0.2) is 0 Å². The highest BCUT2D eigenvalue weighted by Crippen LogP contribution is 2.40. The van der Waals surface area contributed by atoms with Crippen LogP contribution in [0.3, 0.4) is 0 Å². The summed E-state index contributed by atoms with van der Waals surface area (Å²) in [4.78, 5) is 11.5. The Balaban J connectivity index is 3.27. The van der Waals surface area contributed by atoms with Gasteiger partial charge in [0.05, 0.1) is 6.61 Å². The van der Waals surface area contributed by atoms with Crippen molar-refractivity contribution in [1.82, 2.24) is 0 Å². The normalized spacial score (nSPS) is 14.6. The number of benzene rings is 1. The second kappa shape index (κ2) is 5.48. The molecule has 1 aromatic carbocycles. The van der Waals surface area contributed by atoms with Gasteiger partial charge in [-0.1, -0.05) is 12.1 Å². The molecule has 1 atom stereocenters. The predicted octanol–water partition coefficient (Wildman–Crippen LogP) is 2.04. The number of esters is 1. The smallest absolute Gasteiger partial charge is 0.432 e. The Bertz CT molecular complexity index is 445. The van der Waals surface area contributed by atoms with Crippen LogP contribution in [0.15, 0.2) is 24.3 Å². The zero-order chi connectivity index (χ0) is 14.7. The van der Waals surface area contributed by atoms with E-state index in [-0.39, 0.29) is 6.61 Å². The molecule has 0 aromatic heterocycles. The summed E-state index contributed by atoms with van der Waals surface area (Å²) in [7, 11) is 1.59. The van der Waals surface area contributed by atoms with Crippen molar-refractivity contribution in [2.75, 3.05) is 19.0 Å². The Labute approximate surface area is 108 Å². The third-order valence-electron chi connectivity index (χ3n) is 2.57. The fourth-order valence-corrected chi connectivity index (χ4v) is 1.51. The lowest BCUT2D eigenvalue weighted by molar-refractivity contribution is -0.267. The number of halogens is 3. The van der Waals surface area contributed by atoms with E-state index in [1.807, 2.05) is 0 Å². The lowest BCUT2D eigenvalue weighted by atomic mass is 9.93. The summed E-state index contributed by atoms with van der Waals surface area (Å²) in [5.41, 5.74) is -3.69. The molecule has 0 aliphatic heterocycles. The van der Waals surface area contributed by atoms with Crippen LogP contribution < -0.4 is 5.32 Å². The molecule has 2 N–H and O–H groups in total. The topological polar surface area (TPSA) is 58.6 Å². The van der Waals surface area contributed by atoms with Crippen molar-refractivity contribution >= 4 is 11.7 Å². The Morgan fingerprint density at radius 1 is 1.32 bits per heavy atom. The van der Waals surface area contributed by atoms with E-state index in [9.17, 15) is 23.1 Å². The number of anilines is 1. The monoisotopic (exact) mass is 277 g/mol. The van der Waals surface area contributed by atoms with Crippen LogP contribution in [0, 0.1) is 0 Å². The van der Waals surface area contributed by atoms with E-state index in [0.29, 0.717) is 5.69 Å². The van der Waals surface area contributed by atoms with Gasteiger partial charge in [-0.05, 0) is 19.1 Å². The van der Waals surface area contributed by atoms with Gasteiger partial charge < -0.3 is 15.2 Å². The molecule has 7 heteroatoms. The third-order valence-corrected chi connectivity index (χ3v) is 2.57. The first kappa shape index (κ1) is 15.3. The molecule has 106 valence electrons. The molecule has 0 bridgehead atoms. The number of aliphatic hydroxyl groups is 1. The molecule has 0 radical (unpaired) electrons. The maximum Gasteiger partial charge on any atom is 0.432 e. The number of ether oxygens (including phenoxy) is 1. The lowest BCUT2D eigenvalue weighted by Crippen LogP contribution is -2.50. The van der Waals surface area contributed by atoms with Crippen molar-refractivity contribution in [3.63, 3.8) is 0 Å². The molecule has 4 nitrogen and oxygen atoms in total. The largest absolute Gasteiger partial charge is 0.463 e. The molecule has 0 saturated carbocycles. The average molecular weight is 277 g/mol. The summed E-state index contributed by atoms with van der Waals surface area (Å²) in [5, 5.41) is 12.5. The van der Waals surface area contributed by atoms with Crippen LogP contribution in [0.25, 0.3) is 0 Å². The van der Waals surface area contributed by atoms with Crippen molar-refractivity contribution in [3.05, 3.63) is 29.8 Å². The van der Waals surface area contributed by atoms with Gasteiger partial charge in [0.2, 0.25) is 0 Å². The zero-order valence-electron chi connectivity index (χ0n) is 10.4. The Kier molecular flexibility index (Phi) is 4.41. The average Bonchev–Trinajstić information content (AvgIpc) is 2.36. The fourth-order valence-electron chi connectivity index (χ4n) is 1.51. The lowest BCUT2D eigenvalue weighted by Gasteiger charge is -2.28. The number of hydrogen-bond acceptors (Lipinski definition) is 4. The van der Waals surface area contributed by atoms with Crippen LogP contribution in [0.2, 0.25) is 0 Å². The van der Waals surface area contributed by atoms with Gasteiger partial charge in [-0.15, -0.1) is 0 Å². The molecule has 0 heterocycles. The van der Waals surface area contributed by atoms with Crippen molar-refractivity contribution in [3.8, 4) is 0 Å². The molecule has 0 fully saturated rings. The first-order valence-electron chi connectivity index (χ1n) is 5.52.